The molecule has 2 fully saturated rings. The molecule has 2 aliphatic rings. The van der Waals surface area contributed by atoms with Gasteiger partial charge in [-0.1, -0.05) is 0 Å². The zero-order valence-corrected chi connectivity index (χ0v) is 6.68. The van der Waals surface area contributed by atoms with Gasteiger partial charge in [0, 0.05) is 18.6 Å². The largest absolute Gasteiger partial charge is 0.396 e. The number of fused-ring (bicyclic) bond motifs is 1. The smallest absolute Gasteiger partial charge is 0.0559 e. The number of ether oxygens (including phenoxy) is 1. The Hall–Kier alpha value is -0.120. The molecule has 11 heavy (non-hydrogen) atoms. The van der Waals surface area contributed by atoms with Crippen molar-refractivity contribution >= 4 is 0 Å². The van der Waals surface area contributed by atoms with E-state index >= 15 is 0 Å². The summed E-state index contributed by atoms with van der Waals surface area (Å²) in [5.74, 6) is 0.640. The minimum absolute atomic E-state index is 0.0538. The molecule has 0 spiro atoms. The van der Waals surface area contributed by atoms with Crippen LogP contribution in [0.25, 0.3) is 0 Å². The molecule has 0 radical (unpaired) electrons. The molecule has 0 saturated carbocycles. The fraction of sp³-hybridized carbons (Fsp3) is 1.00. The van der Waals surface area contributed by atoms with Crippen LogP contribution in [0.1, 0.15) is 6.42 Å². The van der Waals surface area contributed by atoms with Crippen molar-refractivity contribution in [2.75, 3.05) is 32.9 Å². The molecule has 0 aromatic carbocycles. The third-order valence-corrected chi connectivity index (χ3v) is 3.05. The Bertz CT molecular complexity index is 151. The Morgan fingerprint density at radius 1 is 1.64 bits per heavy atom. The van der Waals surface area contributed by atoms with Crippen LogP contribution in [-0.2, 0) is 4.74 Å². The van der Waals surface area contributed by atoms with Gasteiger partial charge in [0.05, 0.1) is 13.2 Å². The summed E-state index contributed by atoms with van der Waals surface area (Å²) in [5, 5.41) is 12.5. The lowest BCUT2D eigenvalue weighted by atomic mass is 9.76. The van der Waals surface area contributed by atoms with Crippen LogP contribution in [-0.4, -0.2) is 38.0 Å². The minimum atomic E-state index is 0.0538. The zero-order chi connectivity index (χ0) is 7.73. The molecule has 2 aliphatic heterocycles. The minimum Gasteiger partial charge on any atom is -0.396 e. The summed E-state index contributed by atoms with van der Waals surface area (Å²) in [5.41, 5.74) is 0.0538. The summed E-state index contributed by atoms with van der Waals surface area (Å²) >= 11 is 0. The molecule has 2 saturated heterocycles. The first-order chi connectivity index (χ1) is 5.37. The van der Waals surface area contributed by atoms with Gasteiger partial charge in [0.2, 0.25) is 0 Å². The Morgan fingerprint density at radius 3 is 3.27 bits per heavy atom. The quantitative estimate of drug-likeness (QED) is 0.544. The van der Waals surface area contributed by atoms with Crippen molar-refractivity contribution in [1.29, 1.82) is 0 Å². The standard InChI is InChI=1S/C8H15NO2/c10-5-8-4-9-3-7(8)1-2-11-6-8/h7,9-10H,1-6H2. The third-order valence-electron chi connectivity index (χ3n) is 3.05. The van der Waals surface area contributed by atoms with E-state index in [1.165, 1.54) is 0 Å². The number of aliphatic hydroxyl groups is 1. The van der Waals surface area contributed by atoms with E-state index in [4.69, 9.17) is 4.74 Å². The summed E-state index contributed by atoms with van der Waals surface area (Å²) in [6, 6.07) is 0. The van der Waals surface area contributed by atoms with Crippen LogP contribution in [0.3, 0.4) is 0 Å². The fourth-order valence-electron chi connectivity index (χ4n) is 2.16. The highest BCUT2D eigenvalue weighted by atomic mass is 16.5. The molecule has 0 aromatic heterocycles. The van der Waals surface area contributed by atoms with Gasteiger partial charge in [-0.2, -0.15) is 0 Å². The zero-order valence-electron chi connectivity index (χ0n) is 6.68. The van der Waals surface area contributed by atoms with Crippen LogP contribution in [0.4, 0.5) is 0 Å². The average molecular weight is 157 g/mol. The summed E-state index contributed by atoms with van der Waals surface area (Å²) in [4.78, 5) is 0. The normalized spacial score (nSPS) is 43.9. The maximum absolute atomic E-state index is 9.23. The third kappa shape index (κ3) is 1.08. The van der Waals surface area contributed by atoms with Gasteiger partial charge < -0.3 is 15.2 Å². The Kier molecular flexibility index (Phi) is 1.87. The molecular formula is C8H15NO2. The molecule has 3 heteroatoms. The van der Waals surface area contributed by atoms with Crippen LogP contribution in [0.5, 0.6) is 0 Å². The maximum atomic E-state index is 9.23. The van der Waals surface area contributed by atoms with E-state index in [2.05, 4.69) is 5.32 Å². The lowest BCUT2D eigenvalue weighted by Crippen LogP contribution is -2.42. The molecule has 0 aromatic rings. The van der Waals surface area contributed by atoms with Crippen molar-refractivity contribution in [1.82, 2.24) is 5.32 Å². The van der Waals surface area contributed by atoms with Gasteiger partial charge in [-0.15, -0.1) is 0 Å². The summed E-state index contributed by atoms with van der Waals surface area (Å²) in [6.45, 7) is 3.86. The molecule has 3 nitrogen and oxygen atoms in total. The van der Waals surface area contributed by atoms with Gasteiger partial charge in [0.1, 0.15) is 0 Å². The Balaban J connectivity index is 2.12. The molecule has 2 rings (SSSR count). The molecular weight excluding hydrogens is 142 g/mol. The predicted octanol–water partition coefficient (Wildman–Crippen LogP) is -0.395. The first kappa shape index (κ1) is 7.53. The second kappa shape index (κ2) is 2.73. The molecule has 0 amide bonds. The molecule has 2 N–H and O–H groups in total. The van der Waals surface area contributed by atoms with Crippen LogP contribution >= 0.6 is 0 Å². The SMILES string of the molecule is OCC12CNCC1CCOC2. The van der Waals surface area contributed by atoms with E-state index in [0.29, 0.717) is 5.92 Å². The lowest BCUT2D eigenvalue weighted by Gasteiger charge is -2.36. The second-order valence-corrected chi connectivity index (χ2v) is 3.69. The summed E-state index contributed by atoms with van der Waals surface area (Å²) in [6.07, 6.45) is 1.10. The van der Waals surface area contributed by atoms with E-state index in [1.807, 2.05) is 0 Å². The van der Waals surface area contributed by atoms with Crippen LogP contribution in [0, 0.1) is 11.3 Å². The van der Waals surface area contributed by atoms with Crippen molar-refractivity contribution in [2.24, 2.45) is 11.3 Å². The van der Waals surface area contributed by atoms with E-state index in [1.54, 1.807) is 0 Å². The van der Waals surface area contributed by atoms with E-state index in [-0.39, 0.29) is 12.0 Å². The van der Waals surface area contributed by atoms with E-state index < -0.39 is 0 Å². The summed E-state index contributed by atoms with van der Waals surface area (Å²) < 4.78 is 5.38. The molecule has 64 valence electrons. The van der Waals surface area contributed by atoms with Crippen LogP contribution < -0.4 is 5.32 Å². The van der Waals surface area contributed by atoms with Crippen molar-refractivity contribution in [3.05, 3.63) is 0 Å². The highest BCUT2D eigenvalue weighted by molar-refractivity contribution is 4.96. The number of hydrogen-bond donors (Lipinski definition) is 2. The van der Waals surface area contributed by atoms with Crippen molar-refractivity contribution in [2.45, 2.75) is 6.42 Å². The van der Waals surface area contributed by atoms with Gasteiger partial charge in [0.25, 0.3) is 0 Å². The topological polar surface area (TPSA) is 41.5 Å². The highest BCUT2D eigenvalue weighted by Gasteiger charge is 2.44. The van der Waals surface area contributed by atoms with Gasteiger partial charge in [-0.3, -0.25) is 0 Å². The average Bonchev–Trinajstić information content (AvgIpc) is 2.48. The Morgan fingerprint density at radius 2 is 2.55 bits per heavy atom. The highest BCUT2D eigenvalue weighted by Crippen LogP contribution is 2.36. The van der Waals surface area contributed by atoms with Crippen LogP contribution in [0.2, 0.25) is 0 Å². The van der Waals surface area contributed by atoms with Gasteiger partial charge in [-0.05, 0) is 18.9 Å². The van der Waals surface area contributed by atoms with E-state index in [0.717, 1.165) is 32.7 Å². The fourth-order valence-corrected chi connectivity index (χ4v) is 2.16. The van der Waals surface area contributed by atoms with E-state index in [9.17, 15) is 5.11 Å². The molecule has 0 bridgehead atoms. The molecule has 2 heterocycles. The second-order valence-electron chi connectivity index (χ2n) is 3.69. The van der Waals surface area contributed by atoms with Crippen molar-refractivity contribution in [3.63, 3.8) is 0 Å². The molecule has 2 atom stereocenters. The number of rotatable bonds is 1. The first-order valence-corrected chi connectivity index (χ1v) is 4.27. The van der Waals surface area contributed by atoms with Gasteiger partial charge in [0.15, 0.2) is 0 Å². The van der Waals surface area contributed by atoms with Gasteiger partial charge >= 0.3 is 0 Å². The Labute approximate surface area is 66.7 Å². The predicted molar refractivity (Wildman–Crippen MR) is 41.3 cm³/mol. The molecule has 2 unspecified atom stereocenters. The van der Waals surface area contributed by atoms with Gasteiger partial charge in [-0.25, -0.2) is 0 Å². The number of hydrogen-bond acceptors (Lipinski definition) is 3. The van der Waals surface area contributed by atoms with Crippen molar-refractivity contribution in [3.8, 4) is 0 Å². The first-order valence-electron chi connectivity index (χ1n) is 4.27. The number of nitrogens with one attached hydrogen (secondary N) is 1. The molecule has 0 aliphatic carbocycles. The van der Waals surface area contributed by atoms with Crippen LogP contribution in [0.15, 0.2) is 0 Å². The lowest BCUT2D eigenvalue weighted by molar-refractivity contribution is -0.0545. The number of aliphatic hydroxyl groups excluding tert-OH is 1. The summed E-state index contributed by atoms with van der Waals surface area (Å²) in [7, 11) is 0. The maximum Gasteiger partial charge on any atom is 0.0559 e. The van der Waals surface area contributed by atoms with Crippen molar-refractivity contribution < 1.29 is 9.84 Å². The monoisotopic (exact) mass is 157 g/mol.